The van der Waals surface area contributed by atoms with Gasteiger partial charge in [0.2, 0.25) is 0 Å². The molecule has 2 rings (SSSR count). The summed E-state index contributed by atoms with van der Waals surface area (Å²) >= 11 is 3.60. The molecule has 0 aliphatic heterocycles. The van der Waals surface area contributed by atoms with Crippen LogP contribution in [0, 0.1) is 5.41 Å². The molecule has 1 N–H and O–H groups in total. The van der Waals surface area contributed by atoms with E-state index in [1.807, 2.05) is 64.1 Å². The lowest BCUT2D eigenvalue weighted by atomic mass is 9.76. The van der Waals surface area contributed by atoms with Crippen molar-refractivity contribution >= 4 is 27.7 Å². The van der Waals surface area contributed by atoms with E-state index in [4.69, 9.17) is 9.47 Å². The Bertz CT molecular complexity index is 760. The minimum Gasteiger partial charge on any atom is -0.493 e. The second kappa shape index (κ2) is 10.5. The number of nitrogens with one attached hydrogen (secondary N) is 1. The summed E-state index contributed by atoms with van der Waals surface area (Å²) in [5.74, 6) is 1.08. The Balaban J connectivity index is 1.94. The third-order valence-electron chi connectivity index (χ3n) is 4.23. The predicted molar refractivity (Wildman–Crippen MR) is 116 cm³/mol. The van der Waals surface area contributed by atoms with E-state index in [-0.39, 0.29) is 17.3 Å². The van der Waals surface area contributed by atoms with E-state index in [1.54, 1.807) is 6.20 Å². The molecule has 1 aromatic carbocycles. The van der Waals surface area contributed by atoms with E-state index in [9.17, 15) is 4.79 Å². The van der Waals surface area contributed by atoms with Crippen molar-refractivity contribution < 1.29 is 14.3 Å². The molecule has 2 aromatic rings. The van der Waals surface area contributed by atoms with Crippen LogP contribution in [0.25, 0.3) is 0 Å². The van der Waals surface area contributed by atoms with Crippen LogP contribution < -0.4 is 10.1 Å². The van der Waals surface area contributed by atoms with Gasteiger partial charge in [-0.25, -0.2) is 4.98 Å². The number of hydrogen-bond acceptors (Lipinski definition) is 5. The highest BCUT2D eigenvalue weighted by Crippen LogP contribution is 2.40. The van der Waals surface area contributed by atoms with Gasteiger partial charge in [0.15, 0.2) is 0 Å². The van der Waals surface area contributed by atoms with E-state index >= 15 is 0 Å². The largest absolute Gasteiger partial charge is 0.493 e. The van der Waals surface area contributed by atoms with Crippen molar-refractivity contribution in [3.8, 4) is 5.75 Å². The van der Waals surface area contributed by atoms with Crippen molar-refractivity contribution in [3.63, 3.8) is 0 Å². The second-order valence-corrected chi connectivity index (χ2v) is 8.43. The Morgan fingerprint density at radius 3 is 2.64 bits per heavy atom. The van der Waals surface area contributed by atoms with Gasteiger partial charge in [-0.3, -0.25) is 4.79 Å². The summed E-state index contributed by atoms with van der Waals surface area (Å²) in [6, 6.07) is 11.5. The Labute approximate surface area is 176 Å². The normalized spacial score (nSPS) is 12.3. The summed E-state index contributed by atoms with van der Waals surface area (Å²) in [5, 5.41) is 3.26. The van der Waals surface area contributed by atoms with Gasteiger partial charge in [0, 0.05) is 17.2 Å². The molecule has 152 valence electrons. The van der Waals surface area contributed by atoms with Crippen LogP contribution >= 0.6 is 15.9 Å². The lowest BCUT2D eigenvalue weighted by Crippen LogP contribution is -2.28. The number of nitrogens with zero attached hydrogens (tertiary/aromatic N) is 1. The molecule has 0 fully saturated rings. The smallest absolute Gasteiger partial charge is 0.313 e. The summed E-state index contributed by atoms with van der Waals surface area (Å²) in [4.78, 5) is 16.7. The monoisotopic (exact) mass is 448 g/mol. The number of benzene rings is 1. The Kier molecular flexibility index (Phi) is 8.30. The minimum absolute atomic E-state index is 0.204. The van der Waals surface area contributed by atoms with Crippen molar-refractivity contribution in [2.45, 2.75) is 40.0 Å². The number of anilines is 1. The number of rotatable bonds is 9. The SMILES string of the molecule is CCOC(=O)C(c1ccc(OCCCNc2ccccn2)cc1Br)C(C)(C)C. The molecule has 0 saturated heterocycles. The van der Waals surface area contributed by atoms with Crippen LogP contribution in [0.5, 0.6) is 5.75 Å². The van der Waals surface area contributed by atoms with E-state index in [0.29, 0.717) is 13.2 Å². The maximum absolute atomic E-state index is 12.5. The fourth-order valence-corrected chi connectivity index (χ4v) is 3.54. The van der Waals surface area contributed by atoms with Gasteiger partial charge in [0.1, 0.15) is 11.6 Å². The Hall–Kier alpha value is -2.08. The van der Waals surface area contributed by atoms with Crippen LogP contribution in [0.3, 0.4) is 0 Å². The zero-order valence-electron chi connectivity index (χ0n) is 17.0. The zero-order chi connectivity index (χ0) is 20.6. The van der Waals surface area contributed by atoms with Crippen molar-refractivity contribution in [2.75, 3.05) is 25.1 Å². The number of esters is 1. The first-order chi connectivity index (χ1) is 13.3. The molecule has 1 atom stereocenters. The van der Waals surface area contributed by atoms with E-state index in [0.717, 1.165) is 34.6 Å². The van der Waals surface area contributed by atoms with Gasteiger partial charge < -0.3 is 14.8 Å². The fraction of sp³-hybridized carbons (Fsp3) is 0.455. The van der Waals surface area contributed by atoms with Gasteiger partial charge in [-0.15, -0.1) is 0 Å². The summed E-state index contributed by atoms with van der Waals surface area (Å²) in [6.45, 7) is 9.70. The van der Waals surface area contributed by atoms with Gasteiger partial charge in [-0.2, -0.15) is 0 Å². The molecule has 6 heteroatoms. The lowest BCUT2D eigenvalue weighted by Gasteiger charge is -2.30. The highest BCUT2D eigenvalue weighted by atomic mass is 79.9. The van der Waals surface area contributed by atoms with Crippen LogP contribution in [0.15, 0.2) is 47.1 Å². The molecule has 5 nitrogen and oxygen atoms in total. The molecule has 0 radical (unpaired) electrons. The second-order valence-electron chi connectivity index (χ2n) is 7.58. The molecule has 0 bridgehead atoms. The van der Waals surface area contributed by atoms with Crippen molar-refractivity contribution in [1.29, 1.82) is 0 Å². The molecule has 0 aliphatic carbocycles. The maximum atomic E-state index is 12.5. The Morgan fingerprint density at radius 2 is 2.04 bits per heavy atom. The summed E-state index contributed by atoms with van der Waals surface area (Å²) in [6.07, 6.45) is 2.61. The highest BCUT2D eigenvalue weighted by Gasteiger charge is 2.35. The average molecular weight is 449 g/mol. The van der Waals surface area contributed by atoms with Gasteiger partial charge in [-0.1, -0.05) is 48.8 Å². The van der Waals surface area contributed by atoms with E-state index < -0.39 is 0 Å². The first-order valence-electron chi connectivity index (χ1n) is 9.56. The van der Waals surface area contributed by atoms with Crippen molar-refractivity contribution in [1.82, 2.24) is 4.98 Å². The molecule has 1 aromatic heterocycles. The quantitative estimate of drug-likeness (QED) is 0.409. The zero-order valence-corrected chi connectivity index (χ0v) is 18.6. The van der Waals surface area contributed by atoms with Crippen LogP contribution in [-0.2, 0) is 9.53 Å². The molecule has 0 aliphatic rings. The van der Waals surface area contributed by atoms with Gasteiger partial charge in [-0.05, 0) is 48.6 Å². The average Bonchev–Trinajstić information content (AvgIpc) is 2.63. The summed E-state index contributed by atoms with van der Waals surface area (Å²) in [5.41, 5.74) is 0.656. The minimum atomic E-state index is -0.349. The number of ether oxygens (including phenoxy) is 2. The summed E-state index contributed by atoms with van der Waals surface area (Å²) in [7, 11) is 0. The van der Waals surface area contributed by atoms with Crippen LogP contribution in [0.1, 0.15) is 45.6 Å². The first kappa shape index (κ1) is 22.2. The van der Waals surface area contributed by atoms with Gasteiger partial charge in [0.25, 0.3) is 0 Å². The molecule has 0 saturated carbocycles. The van der Waals surface area contributed by atoms with Crippen molar-refractivity contribution in [3.05, 3.63) is 52.6 Å². The molecule has 0 amide bonds. The van der Waals surface area contributed by atoms with Crippen molar-refractivity contribution in [2.24, 2.45) is 5.41 Å². The molecule has 1 heterocycles. The number of halogens is 1. The molecular formula is C22H29BrN2O3. The molecule has 0 spiro atoms. The highest BCUT2D eigenvalue weighted by molar-refractivity contribution is 9.10. The predicted octanol–water partition coefficient (Wildman–Crippen LogP) is 5.42. The van der Waals surface area contributed by atoms with Gasteiger partial charge >= 0.3 is 5.97 Å². The van der Waals surface area contributed by atoms with Crippen LogP contribution in [-0.4, -0.2) is 30.7 Å². The third-order valence-corrected chi connectivity index (χ3v) is 4.92. The number of pyridine rings is 1. The van der Waals surface area contributed by atoms with Crippen LogP contribution in [0.2, 0.25) is 0 Å². The van der Waals surface area contributed by atoms with Crippen LogP contribution in [0.4, 0.5) is 5.82 Å². The topological polar surface area (TPSA) is 60.5 Å². The molecular weight excluding hydrogens is 420 g/mol. The number of aromatic nitrogens is 1. The standard InChI is InChI=1S/C22H29BrN2O3/c1-5-27-21(26)20(22(2,3)4)17-11-10-16(15-18(17)23)28-14-8-13-25-19-9-6-7-12-24-19/h6-7,9-12,15,20H,5,8,13-14H2,1-4H3,(H,24,25). The lowest BCUT2D eigenvalue weighted by molar-refractivity contribution is -0.147. The number of hydrogen-bond donors (Lipinski definition) is 1. The molecule has 1 unspecified atom stereocenters. The third kappa shape index (κ3) is 6.51. The Morgan fingerprint density at radius 1 is 1.25 bits per heavy atom. The van der Waals surface area contributed by atoms with E-state index in [2.05, 4.69) is 26.2 Å². The fourth-order valence-electron chi connectivity index (χ4n) is 2.95. The molecule has 28 heavy (non-hydrogen) atoms. The summed E-state index contributed by atoms with van der Waals surface area (Å²) < 4.78 is 12.0. The van der Waals surface area contributed by atoms with Gasteiger partial charge in [0.05, 0.1) is 19.1 Å². The van der Waals surface area contributed by atoms with E-state index in [1.165, 1.54) is 0 Å². The maximum Gasteiger partial charge on any atom is 0.313 e. The first-order valence-corrected chi connectivity index (χ1v) is 10.4. The number of carbonyl (C=O) groups excluding carboxylic acids is 1. The number of carbonyl (C=O) groups is 1.